The Kier molecular flexibility index (Phi) is 5.23. The van der Waals surface area contributed by atoms with E-state index in [4.69, 9.17) is 4.74 Å². The first-order chi connectivity index (χ1) is 11.3. The van der Waals surface area contributed by atoms with Crippen molar-refractivity contribution in [1.82, 2.24) is 4.90 Å². The quantitative estimate of drug-likeness (QED) is 0.822. The molecule has 3 rings (SSSR count). The van der Waals surface area contributed by atoms with E-state index in [-0.39, 0.29) is 11.3 Å². The van der Waals surface area contributed by atoms with Crippen molar-refractivity contribution in [2.75, 3.05) is 12.3 Å². The van der Waals surface area contributed by atoms with Crippen molar-refractivity contribution in [2.24, 2.45) is 0 Å². The Bertz CT molecular complexity index is 659. The molecule has 1 saturated heterocycles. The lowest BCUT2D eigenvalue weighted by molar-refractivity contribution is -0.131. The normalized spacial score (nSPS) is 17.3. The zero-order valence-electron chi connectivity index (χ0n) is 13.3. The van der Waals surface area contributed by atoms with Crippen LogP contribution < -0.4 is 4.74 Å². The molecule has 2 aromatic rings. The molecule has 1 aliphatic rings. The van der Waals surface area contributed by atoms with Crippen LogP contribution in [0, 0.1) is 0 Å². The summed E-state index contributed by atoms with van der Waals surface area (Å²) < 4.78 is 6.05. The molecule has 4 heteroatoms. The lowest BCUT2D eigenvalue weighted by atomic mass is 10.1. The summed E-state index contributed by atoms with van der Waals surface area (Å²) in [6.45, 7) is 3.27. The molecule has 0 bridgehead atoms. The van der Waals surface area contributed by atoms with Gasteiger partial charge in [0.05, 0.1) is 0 Å². The van der Waals surface area contributed by atoms with Crippen LogP contribution in [0.2, 0.25) is 0 Å². The number of hydrogen-bond donors (Lipinski definition) is 0. The van der Waals surface area contributed by atoms with Crippen LogP contribution >= 0.6 is 11.8 Å². The standard InChI is InChI=1S/C19H21NO2S/c1-2-18(21)20-12-13-23-19(20)16-10-6-7-11-17(16)22-14-15-8-4-3-5-9-15/h3-11,19H,2,12-14H2,1H3. The maximum Gasteiger partial charge on any atom is 0.223 e. The Morgan fingerprint density at radius 1 is 1.17 bits per heavy atom. The van der Waals surface area contributed by atoms with E-state index in [1.165, 1.54) is 0 Å². The molecule has 3 nitrogen and oxygen atoms in total. The molecule has 0 saturated carbocycles. The molecule has 0 aliphatic carbocycles. The lowest BCUT2D eigenvalue weighted by Crippen LogP contribution is -2.29. The first kappa shape index (κ1) is 15.9. The van der Waals surface area contributed by atoms with Gasteiger partial charge in [-0.1, -0.05) is 55.5 Å². The first-order valence-electron chi connectivity index (χ1n) is 7.96. The Balaban J connectivity index is 1.79. The van der Waals surface area contributed by atoms with Crippen LogP contribution in [0.3, 0.4) is 0 Å². The van der Waals surface area contributed by atoms with Crippen LogP contribution in [0.1, 0.15) is 29.8 Å². The van der Waals surface area contributed by atoms with Crippen LogP contribution in [0.5, 0.6) is 5.75 Å². The van der Waals surface area contributed by atoms with Gasteiger partial charge in [-0.3, -0.25) is 4.79 Å². The third-order valence-electron chi connectivity index (χ3n) is 3.94. The number of amides is 1. The number of para-hydroxylation sites is 1. The van der Waals surface area contributed by atoms with Gasteiger partial charge in [0.1, 0.15) is 17.7 Å². The largest absolute Gasteiger partial charge is 0.489 e. The summed E-state index contributed by atoms with van der Waals surface area (Å²) >= 11 is 1.81. The predicted octanol–water partition coefficient (Wildman–Crippen LogP) is 4.25. The molecule has 0 spiro atoms. The number of thioether (sulfide) groups is 1. The fraction of sp³-hybridized carbons (Fsp3) is 0.316. The minimum Gasteiger partial charge on any atom is -0.489 e. The second-order valence-electron chi connectivity index (χ2n) is 5.48. The van der Waals surface area contributed by atoms with E-state index in [1.807, 2.05) is 60.0 Å². The van der Waals surface area contributed by atoms with Gasteiger partial charge in [-0.2, -0.15) is 0 Å². The summed E-state index contributed by atoms with van der Waals surface area (Å²) in [7, 11) is 0. The molecule has 120 valence electrons. The van der Waals surface area contributed by atoms with Gasteiger partial charge in [0.2, 0.25) is 5.91 Å². The molecule has 1 fully saturated rings. The Morgan fingerprint density at radius 3 is 2.70 bits per heavy atom. The third-order valence-corrected chi connectivity index (χ3v) is 5.18. The summed E-state index contributed by atoms with van der Waals surface area (Å²) in [6, 6.07) is 18.2. The zero-order chi connectivity index (χ0) is 16.1. The monoisotopic (exact) mass is 327 g/mol. The van der Waals surface area contributed by atoms with E-state index >= 15 is 0 Å². The van der Waals surface area contributed by atoms with Crippen LogP contribution in [-0.4, -0.2) is 23.1 Å². The van der Waals surface area contributed by atoms with Crippen molar-refractivity contribution in [1.29, 1.82) is 0 Å². The van der Waals surface area contributed by atoms with E-state index in [9.17, 15) is 4.79 Å². The third kappa shape index (κ3) is 3.70. The van der Waals surface area contributed by atoms with Crippen molar-refractivity contribution >= 4 is 17.7 Å². The van der Waals surface area contributed by atoms with Crippen LogP contribution in [0.25, 0.3) is 0 Å². The van der Waals surface area contributed by atoms with Crippen LogP contribution in [0.15, 0.2) is 54.6 Å². The van der Waals surface area contributed by atoms with Gasteiger partial charge in [-0.05, 0) is 11.6 Å². The molecule has 0 radical (unpaired) electrons. The molecule has 1 aliphatic heterocycles. The summed E-state index contributed by atoms with van der Waals surface area (Å²) in [5.41, 5.74) is 2.23. The van der Waals surface area contributed by atoms with Crippen LogP contribution in [0.4, 0.5) is 0 Å². The summed E-state index contributed by atoms with van der Waals surface area (Å²) in [6.07, 6.45) is 0.546. The van der Waals surface area contributed by atoms with Crippen molar-refractivity contribution < 1.29 is 9.53 Å². The van der Waals surface area contributed by atoms with Crippen molar-refractivity contribution in [3.63, 3.8) is 0 Å². The number of carbonyl (C=O) groups excluding carboxylic acids is 1. The van der Waals surface area contributed by atoms with E-state index in [2.05, 4.69) is 18.2 Å². The maximum absolute atomic E-state index is 12.2. The number of benzene rings is 2. The van der Waals surface area contributed by atoms with Gasteiger partial charge in [-0.15, -0.1) is 11.8 Å². The van der Waals surface area contributed by atoms with E-state index in [1.54, 1.807) is 0 Å². The molecule has 1 heterocycles. The summed E-state index contributed by atoms with van der Waals surface area (Å²) in [5, 5.41) is 0.0643. The first-order valence-corrected chi connectivity index (χ1v) is 9.01. The minimum atomic E-state index is 0.0643. The fourth-order valence-corrected chi connectivity index (χ4v) is 4.04. The molecule has 1 unspecified atom stereocenters. The average molecular weight is 327 g/mol. The SMILES string of the molecule is CCC(=O)N1CCSC1c1ccccc1OCc1ccccc1. The number of carbonyl (C=O) groups is 1. The lowest BCUT2D eigenvalue weighted by Gasteiger charge is -2.25. The van der Waals surface area contributed by atoms with E-state index in [0.29, 0.717) is 13.0 Å². The summed E-state index contributed by atoms with van der Waals surface area (Å²) in [5.74, 6) is 2.05. The molecule has 0 aromatic heterocycles. The Morgan fingerprint density at radius 2 is 1.91 bits per heavy atom. The van der Waals surface area contributed by atoms with Gasteiger partial charge in [0.25, 0.3) is 0 Å². The highest BCUT2D eigenvalue weighted by molar-refractivity contribution is 7.99. The van der Waals surface area contributed by atoms with E-state index < -0.39 is 0 Å². The molecular weight excluding hydrogens is 306 g/mol. The van der Waals surface area contributed by atoms with Crippen molar-refractivity contribution in [3.8, 4) is 5.75 Å². The number of ether oxygens (including phenoxy) is 1. The predicted molar refractivity (Wildman–Crippen MR) is 94.4 cm³/mol. The van der Waals surface area contributed by atoms with Gasteiger partial charge < -0.3 is 9.64 Å². The van der Waals surface area contributed by atoms with Gasteiger partial charge >= 0.3 is 0 Å². The van der Waals surface area contributed by atoms with E-state index in [0.717, 1.165) is 29.2 Å². The highest BCUT2D eigenvalue weighted by Crippen LogP contribution is 2.42. The minimum absolute atomic E-state index is 0.0643. The highest BCUT2D eigenvalue weighted by Gasteiger charge is 2.31. The van der Waals surface area contributed by atoms with Gasteiger partial charge in [0.15, 0.2) is 0 Å². The van der Waals surface area contributed by atoms with Gasteiger partial charge in [-0.25, -0.2) is 0 Å². The van der Waals surface area contributed by atoms with Gasteiger partial charge in [0, 0.05) is 24.3 Å². The highest BCUT2D eigenvalue weighted by atomic mass is 32.2. The maximum atomic E-state index is 12.2. The fourth-order valence-electron chi connectivity index (χ4n) is 2.74. The topological polar surface area (TPSA) is 29.5 Å². The molecule has 23 heavy (non-hydrogen) atoms. The second-order valence-corrected chi connectivity index (χ2v) is 6.66. The number of rotatable bonds is 5. The average Bonchev–Trinajstić information content (AvgIpc) is 3.10. The zero-order valence-corrected chi connectivity index (χ0v) is 14.1. The Labute approximate surface area is 141 Å². The molecule has 1 amide bonds. The Hall–Kier alpha value is -1.94. The molecule has 1 atom stereocenters. The smallest absolute Gasteiger partial charge is 0.223 e. The number of nitrogens with zero attached hydrogens (tertiary/aromatic N) is 1. The summed E-state index contributed by atoms with van der Waals surface area (Å²) in [4.78, 5) is 14.1. The van der Waals surface area contributed by atoms with Crippen molar-refractivity contribution in [2.45, 2.75) is 25.3 Å². The van der Waals surface area contributed by atoms with Crippen LogP contribution in [-0.2, 0) is 11.4 Å². The molecule has 2 aromatic carbocycles. The van der Waals surface area contributed by atoms with Crippen molar-refractivity contribution in [3.05, 3.63) is 65.7 Å². The second kappa shape index (κ2) is 7.55. The molecule has 0 N–H and O–H groups in total. The number of hydrogen-bond acceptors (Lipinski definition) is 3. The molecular formula is C19H21NO2S.